The summed E-state index contributed by atoms with van der Waals surface area (Å²) in [5.74, 6) is 0.112. The van der Waals surface area contributed by atoms with Crippen molar-refractivity contribution in [3.05, 3.63) is 47.0 Å². The lowest BCUT2D eigenvalue weighted by atomic mass is 10.2. The highest BCUT2D eigenvalue weighted by atomic mass is 35.5. The molecule has 2 aromatic carbocycles. The molecule has 0 spiro atoms. The van der Waals surface area contributed by atoms with Crippen molar-refractivity contribution in [1.82, 2.24) is 0 Å². The van der Waals surface area contributed by atoms with Gasteiger partial charge < -0.3 is 14.8 Å². The zero-order chi connectivity index (χ0) is 19.3. The van der Waals surface area contributed by atoms with Gasteiger partial charge in [0.25, 0.3) is 0 Å². The van der Waals surface area contributed by atoms with Gasteiger partial charge in [0.1, 0.15) is 18.0 Å². The highest BCUT2D eigenvalue weighted by molar-refractivity contribution is 6.32. The van der Waals surface area contributed by atoms with Crippen LogP contribution in [0.1, 0.15) is 12.5 Å². The van der Waals surface area contributed by atoms with Crippen LogP contribution in [0.15, 0.2) is 36.4 Å². The molecule has 0 aromatic heterocycles. The number of hydrogen-bond acceptors (Lipinski definition) is 4. The monoisotopic (exact) mass is 376 g/mol. The third-order valence-electron chi connectivity index (χ3n) is 3.85. The van der Waals surface area contributed by atoms with Crippen LogP contribution < -0.4 is 19.7 Å². The number of aryl methyl sites for hydroxylation is 1. The van der Waals surface area contributed by atoms with Gasteiger partial charge in [-0.3, -0.25) is 14.5 Å². The van der Waals surface area contributed by atoms with E-state index in [1.54, 1.807) is 18.2 Å². The van der Waals surface area contributed by atoms with Crippen molar-refractivity contribution in [2.45, 2.75) is 13.8 Å². The second-order valence-electron chi connectivity index (χ2n) is 5.63. The molecule has 0 radical (unpaired) electrons. The number of nitrogens with zero attached hydrogens (tertiary/aromatic N) is 1. The molecular formula is C19H21ClN2O4. The fraction of sp³-hybridized carbons (Fsp3) is 0.263. The fourth-order valence-electron chi connectivity index (χ4n) is 2.47. The summed E-state index contributed by atoms with van der Waals surface area (Å²) in [5, 5.41) is 3.16. The maximum absolute atomic E-state index is 12.5. The number of carbonyl (C=O) groups is 2. The number of nitrogens with one attached hydrogen (secondary N) is 1. The molecule has 0 aliphatic rings. The van der Waals surface area contributed by atoms with Crippen LogP contribution in [0.25, 0.3) is 0 Å². The minimum atomic E-state index is -0.328. The number of anilines is 2. The summed E-state index contributed by atoms with van der Waals surface area (Å²) in [6.07, 6.45) is 0. The Hall–Kier alpha value is -2.73. The van der Waals surface area contributed by atoms with Crippen LogP contribution in [0.3, 0.4) is 0 Å². The standard InChI is InChI=1S/C19H21ClN2O4/c1-12-7-5-6-8-15(12)21-19(24)11-22(13(2)23)16-10-17(25-3)14(20)9-18(16)26-4/h5-10H,11H2,1-4H3,(H,21,24). The maximum Gasteiger partial charge on any atom is 0.244 e. The topological polar surface area (TPSA) is 67.9 Å². The Kier molecular flexibility index (Phi) is 6.46. The quantitative estimate of drug-likeness (QED) is 0.835. The van der Waals surface area contributed by atoms with Crippen LogP contribution in [0.5, 0.6) is 11.5 Å². The van der Waals surface area contributed by atoms with Gasteiger partial charge in [-0.25, -0.2) is 0 Å². The van der Waals surface area contributed by atoms with Crippen molar-refractivity contribution in [3.8, 4) is 11.5 Å². The molecule has 2 aromatic rings. The summed E-state index contributed by atoms with van der Waals surface area (Å²) < 4.78 is 10.5. The molecule has 0 unspecified atom stereocenters. The molecule has 0 aliphatic carbocycles. The van der Waals surface area contributed by atoms with E-state index in [1.807, 2.05) is 25.1 Å². The third kappa shape index (κ3) is 4.46. The first-order valence-corrected chi connectivity index (χ1v) is 8.30. The highest BCUT2D eigenvalue weighted by Gasteiger charge is 2.22. The number of hydrogen-bond donors (Lipinski definition) is 1. The fourth-order valence-corrected chi connectivity index (χ4v) is 2.70. The van der Waals surface area contributed by atoms with Gasteiger partial charge in [-0.2, -0.15) is 0 Å². The summed E-state index contributed by atoms with van der Waals surface area (Å²) >= 11 is 6.11. The Labute approximate surface area is 157 Å². The smallest absolute Gasteiger partial charge is 0.244 e. The lowest BCUT2D eigenvalue weighted by molar-refractivity contribution is -0.120. The minimum Gasteiger partial charge on any atom is -0.495 e. The van der Waals surface area contributed by atoms with Gasteiger partial charge >= 0.3 is 0 Å². The van der Waals surface area contributed by atoms with E-state index in [4.69, 9.17) is 21.1 Å². The van der Waals surface area contributed by atoms with Gasteiger partial charge in [0.2, 0.25) is 11.8 Å². The van der Waals surface area contributed by atoms with Crippen LogP contribution in [0.4, 0.5) is 11.4 Å². The van der Waals surface area contributed by atoms with Crippen molar-refractivity contribution in [2.24, 2.45) is 0 Å². The molecule has 0 heterocycles. The molecule has 6 nitrogen and oxygen atoms in total. The predicted molar refractivity (Wildman–Crippen MR) is 102 cm³/mol. The lowest BCUT2D eigenvalue weighted by Crippen LogP contribution is -2.37. The Balaban J connectivity index is 2.31. The van der Waals surface area contributed by atoms with Crippen molar-refractivity contribution in [1.29, 1.82) is 0 Å². The van der Waals surface area contributed by atoms with Crippen molar-refractivity contribution in [2.75, 3.05) is 31.0 Å². The molecular weight excluding hydrogens is 356 g/mol. The number of para-hydroxylation sites is 1. The summed E-state index contributed by atoms with van der Waals surface area (Å²) in [7, 11) is 2.94. The average Bonchev–Trinajstić information content (AvgIpc) is 2.61. The molecule has 138 valence electrons. The van der Waals surface area contributed by atoms with Crippen LogP contribution in [0.2, 0.25) is 5.02 Å². The highest BCUT2D eigenvalue weighted by Crippen LogP contribution is 2.38. The first-order valence-electron chi connectivity index (χ1n) is 7.92. The van der Waals surface area contributed by atoms with Crippen molar-refractivity contribution >= 4 is 34.8 Å². The SMILES string of the molecule is COc1cc(N(CC(=O)Nc2ccccc2C)C(C)=O)c(OC)cc1Cl. The Bertz CT molecular complexity index is 823. The molecule has 0 aliphatic heterocycles. The van der Waals surface area contributed by atoms with Gasteiger partial charge in [0, 0.05) is 24.7 Å². The van der Waals surface area contributed by atoms with Crippen LogP contribution in [0, 0.1) is 6.92 Å². The number of rotatable bonds is 6. The second kappa shape index (κ2) is 8.58. The number of benzene rings is 2. The zero-order valence-electron chi connectivity index (χ0n) is 15.1. The van der Waals surface area contributed by atoms with Crippen molar-refractivity contribution < 1.29 is 19.1 Å². The first kappa shape index (κ1) is 19.6. The van der Waals surface area contributed by atoms with E-state index in [-0.39, 0.29) is 18.4 Å². The lowest BCUT2D eigenvalue weighted by Gasteiger charge is -2.24. The number of amides is 2. The molecule has 26 heavy (non-hydrogen) atoms. The maximum atomic E-state index is 12.5. The van der Waals surface area contributed by atoms with Gasteiger partial charge in [0.05, 0.1) is 24.9 Å². The van der Waals surface area contributed by atoms with E-state index in [9.17, 15) is 9.59 Å². The Morgan fingerprint density at radius 3 is 2.35 bits per heavy atom. The van der Waals surface area contributed by atoms with Crippen LogP contribution in [-0.2, 0) is 9.59 Å². The molecule has 2 rings (SSSR count). The summed E-state index contributed by atoms with van der Waals surface area (Å²) in [6, 6.07) is 10.5. The van der Waals surface area contributed by atoms with E-state index in [2.05, 4.69) is 5.32 Å². The molecule has 0 bridgehead atoms. The van der Waals surface area contributed by atoms with E-state index in [0.29, 0.717) is 27.9 Å². The number of halogens is 1. The van der Waals surface area contributed by atoms with E-state index >= 15 is 0 Å². The van der Waals surface area contributed by atoms with Crippen LogP contribution in [-0.4, -0.2) is 32.6 Å². The van der Waals surface area contributed by atoms with Crippen LogP contribution >= 0.6 is 11.6 Å². The van der Waals surface area contributed by atoms with E-state index in [0.717, 1.165) is 5.56 Å². The summed E-state index contributed by atoms with van der Waals surface area (Å²) in [4.78, 5) is 26.0. The third-order valence-corrected chi connectivity index (χ3v) is 4.14. The molecule has 2 amide bonds. The Morgan fingerprint density at radius 1 is 1.12 bits per heavy atom. The molecule has 0 saturated carbocycles. The Morgan fingerprint density at radius 2 is 1.77 bits per heavy atom. The van der Waals surface area contributed by atoms with Gasteiger partial charge in [0.15, 0.2) is 0 Å². The van der Waals surface area contributed by atoms with Gasteiger partial charge in [-0.15, -0.1) is 0 Å². The number of methoxy groups -OCH3 is 2. The van der Waals surface area contributed by atoms with Crippen molar-refractivity contribution in [3.63, 3.8) is 0 Å². The number of ether oxygens (including phenoxy) is 2. The van der Waals surface area contributed by atoms with Gasteiger partial charge in [-0.05, 0) is 18.6 Å². The van der Waals surface area contributed by atoms with Gasteiger partial charge in [-0.1, -0.05) is 29.8 Å². The minimum absolute atomic E-state index is 0.176. The zero-order valence-corrected chi connectivity index (χ0v) is 15.9. The molecule has 1 N–H and O–H groups in total. The largest absolute Gasteiger partial charge is 0.495 e. The summed E-state index contributed by atoms with van der Waals surface area (Å²) in [5.41, 5.74) is 2.03. The first-order chi connectivity index (χ1) is 12.4. The average molecular weight is 377 g/mol. The normalized spacial score (nSPS) is 10.2. The van der Waals surface area contributed by atoms with E-state index < -0.39 is 0 Å². The summed E-state index contributed by atoms with van der Waals surface area (Å²) in [6.45, 7) is 3.10. The predicted octanol–water partition coefficient (Wildman–Crippen LogP) is 3.66. The molecule has 0 saturated heterocycles. The molecule has 0 fully saturated rings. The second-order valence-corrected chi connectivity index (χ2v) is 6.03. The number of carbonyl (C=O) groups excluding carboxylic acids is 2. The molecule has 7 heteroatoms. The molecule has 0 atom stereocenters. The van der Waals surface area contributed by atoms with E-state index in [1.165, 1.54) is 26.0 Å².